The molecule has 0 unspecified atom stereocenters. The fraction of sp³-hybridized carbons (Fsp3) is 0.400. The lowest BCUT2D eigenvalue weighted by molar-refractivity contribution is 0.183. The van der Waals surface area contributed by atoms with Crippen LogP contribution in [0.25, 0.3) is 22.6 Å². The normalized spacial score (nSPS) is 14.2. The van der Waals surface area contributed by atoms with Crippen molar-refractivity contribution in [2.24, 2.45) is 5.92 Å². The topological polar surface area (TPSA) is 41.3 Å². The van der Waals surface area contributed by atoms with Crippen LogP contribution in [0.4, 0.5) is 0 Å². The van der Waals surface area contributed by atoms with E-state index in [0.29, 0.717) is 5.75 Å². The van der Waals surface area contributed by atoms with Gasteiger partial charge in [-0.2, -0.15) is 0 Å². The molecule has 0 saturated heterocycles. The zero-order chi connectivity index (χ0) is 27.0. The summed E-state index contributed by atoms with van der Waals surface area (Å²) < 4.78 is 2.49. The minimum Gasteiger partial charge on any atom is -0.508 e. The third-order valence-corrected chi connectivity index (χ3v) is 8.31. The predicted molar refractivity (Wildman–Crippen MR) is 162 cm³/mol. The molecule has 0 radical (unpaired) electrons. The molecule has 1 aliphatic rings. The molecule has 1 fully saturated rings. The second kappa shape index (κ2) is 13.1. The van der Waals surface area contributed by atoms with Gasteiger partial charge in [0.2, 0.25) is 0 Å². The summed E-state index contributed by atoms with van der Waals surface area (Å²) in [5.74, 6) is 2.16. The van der Waals surface area contributed by atoms with E-state index in [-0.39, 0.29) is 0 Å². The van der Waals surface area contributed by atoms with Gasteiger partial charge in [0, 0.05) is 37.3 Å². The summed E-state index contributed by atoms with van der Waals surface area (Å²) in [6.07, 6.45) is 8.92. The summed E-state index contributed by atoms with van der Waals surface area (Å²) >= 11 is 0. The number of aromatic hydroxyl groups is 1. The molecule has 1 saturated carbocycles. The SMILES string of the molecule is CCCCn1c(-c2ccccc2)nc(-c2ccccc2)c1CN(Cc1cccc(O)c1C)CC1CCCCC1. The third kappa shape index (κ3) is 6.62. The lowest BCUT2D eigenvalue weighted by Gasteiger charge is -2.31. The van der Waals surface area contributed by atoms with Gasteiger partial charge in [-0.1, -0.05) is 105 Å². The molecule has 4 heteroatoms. The first-order chi connectivity index (χ1) is 19.1. The molecule has 0 aliphatic heterocycles. The van der Waals surface area contributed by atoms with Gasteiger partial charge in [0.15, 0.2) is 0 Å². The molecular weight excluding hydrogens is 478 g/mol. The van der Waals surface area contributed by atoms with Crippen molar-refractivity contribution in [1.82, 2.24) is 14.5 Å². The molecule has 39 heavy (non-hydrogen) atoms. The van der Waals surface area contributed by atoms with E-state index in [4.69, 9.17) is 4.98 Å². The van der Waals surface area contributed by atoms with E-state index in [1.807, 2.05) is 13.0 Å². The molecule has 1 aromatic heterocycles. The number of rotatable bonds is 11. The maximum Gasteiger partial charge on any atom is 0.140 e. The van der Waals surface area contributed by atoms with Gasteiger partial charge in [0.1, 0.15) is 11.6 Å². The Bertz CT molecular complexity index is 1320. The van der Waals surface area contributed by atoms with Gasteiger partial charge in [0.25, 0.3) is 0 Å². The molecular formula is C35H43N3O. The monoisotopic (exact) mass is 521 g/mol. The first-order valence-corrected chi connectivity index (χ1v) is 14.8. The summed E-state index contributed by atoms with van der Waals surface area (Å²) in [5.41, 5.74) is 6.91. The summed E-state index contributed by atoms with van der Waals surface area (Å²) in [6.45, 7) is 7.99. The third-order valence-electron chi connectivity index (χ3n) is 8.31. The van der Waals surface area contributed by atoms with Crippen LogP contribution < -0.4 is 0 Å². The van der Waals surface area contributed by atoms with Crippen molar-refractivity contribution in [2.45, 2.75) is 78.4 Å². The van der Waals surface area contributed by atoms with E-state index in [9.17, 15) is 5.11 Å². The highest BCUT2D eigenvalue weighted by Crippen LogP contribution is 2.33. The summed E-state index contributed by atoms with van der Waals surface area (Å²) in [7, 11) is 0. The summed E-state index contributed by atoms with van der Waals surface area (Å²) in [5, 5.41) is 10.5. The zero-order valence-corrected chi connectivity index (χ0v) is 23.6. The Morgan fingerprint density at radius 3 is 2.23 bits per heavy atom. The van der Waals surface area contributed by atoms with Gasteiger partial charge in [-0.15, -0.1) is 0 Å². The first kappa shape index (κ1) is 27.2. The fourth-order valence-corrected chi connectivity index (χ4v) is 6.05. The average Bonchev–Trinajstić information content (AvgIpc) is 3.33. The molecule has 0 atom stereocenters. The Morgan fingerprint density at radius 1 is 0.846 bits per heavy atom. The number of unbranched alkanes of at least 4 members (excludes halogenated alkanes) is 1. The van der Waals surface area contributed by atoms with Crippen molar-refractivity contribution in [1.29, 1.82) is 0 Å². The molecule has 1 aliphatic carbocycles. The molecule has 204 valence electrons. The van der Waals surface area contributed by atoms with Crippen LogP contribution in [0.15, 0.2) is 78.9 Å². The van der Waals surface area contributed by atoms with E-state index in [0.717, 1.165) is 62.0 Å². The minimum atomic E-state index is 0.384. The number of phenols is 1. The number of hydrogen-bond donors (Lipinski definition) is 1. The Balaban J connectivity index is 1.59. The van der Waals surface area contributed by atoms with Crippen LogP contribution in [0.3, 0.4) is 0 Å². The highest BCUT2D eigenvalue weighted by molar-refractivity contribution is 5.68. The standard InChI is InChI=1S/C35H43N3O/c1-3-4-23-38-32(34(29-17-10-6-11-18-29)36-35(38)30-19-12-7-13-20-30)26-37(24-28-15-8-5-9-16-28)25-31-21-14-22-33(39)27(31)2/h6-7,10-14,17-22,28,39H,3-5,8-9,15-16,23-26H2,1-2H3. The average molecular weight is 522 g/mol. The van der Waals surface area contributed by atoms with Crippen LogP contribution >= 0.6 is 0 Å². The Labute approximate surface area is 234 Å². The number of imidazole rings is 1. The maximum absolute atomic E-state index is 10.5. The van der Waals surface area contributed by atoms with Gasteiger partial charge in [-0.3, -0.25) is 4.90 Å². The van der Waals surface area contributed by atoms with E-state index in [1.165, 1.54) is 54.5 Å². The van der Waals surface area contributed by atoms with Crippen LogP contribution in [-0.2, 0) is 19.6 Å². The second-order valence-corrected chi connectivity index (χ2v) is 11.2. The number of phenolic OH excluding ortho intramolecular Hbond substituents is 1. The van der Waals surface area contributed by atoms with Gasteiger partial charge < -0.3 is 9.67 Å². The Morgan fingerprint density at radius 2 is 1.54 bits per heavy atom. The molecule has 0 amide bonds. The quantitative estimate of drug-likeness (QED) is 0.215. The van der Waals surface area contributed by atoms with Crippen LogP contribution in [0.5, 0.6) is 5.75 Å². The Kier molecular flexibility index (Phi) is 9.15. The fourth-order valence-electron chi connectivity index (χ4n) is 6.05. The van der Waals surface area contributed by atoms with E-state index >= 15 is 0 Å². The van der Waals surface area contributed by atoms with E-state index < -0.39 is 0 Å². The van der Waals surface area contributed by atoms with Crippen molar-refractivity contribution in [2.75, 3.05) is 6.54 Å². The predicted octanol–water partition coefficient (Wildman–Crippen LogP) is 8.61. The summed E-state index contributed by atoms with van der Waals surface area (Å²) in [4.78, 5) is 7.96. The number of benzene rings is 3. The van der Waals surface area contributed by atoms with Crippen molar-refractivity contribution in [3.63, 3.8) is 0 Å². The van der Waals surface area contributed by atoms with Crippen molar-refractivity contribution >= 4 is 0 Å². The van der Waals surface area contributed by atoms with Gasteiger partial charge in [-0.25, -0.2) is 4.98 Å². The maximum atomic E-state index is 10.5. The molecule has 3 aromatic carbocycles. The highest BCUT2D eigenvalue weighted by Gasteiger charge is 2.24. The van der Waals surface area contributed by atoms with Crippen LogP contribution in [0, 0.1) is 12.8 Å². The van der Waals surface area contributed by atoms with Crippen molar-refractivity contribution < 1.29 is 5.11 Å². The number of aromatic nitrogens is 2. The lowest BCUT2D eigenvalue weighted by Crippen LogP contribution is -2.31. The lowest BCUT2D eigenvalue weighted by atomic mass is 9.88. The molecule has 5 rings (SSSR count). The molecule has 0 spiro atoms. The Hall–Kier alpha value is -3.37. The first-order valence-electron chi connectivity index (χ1n) is 14.8. The highest BCUT2D eigenvalue weighted by atomic mass is 16.3. The minimum absolute atomic E-state index is 0.384. The number of hydrogen-bond acceptors (Lipinski definition) is 3. The van der Waals surface area contributed by atoms with Gasteiger partial charge >= 0.3 is 0 Å². The largest absolute Gasteiger partial charge is 0.508 e. The van der Waals surface area contributed by atoms with E-state index in [2.05, 4.69) is 83.1 Å². The summed E-state index contributed by atoms with van der Waals surface area (Å²) in [6, 6.07) is 27.3. The smallest absolute Gasteiger partial charge is 0.140 e. The van der Waals surface area contributed by atoms with Gasteiger partial charge in [-0.05, 0) is 49.3 Å². The van der Waals surface area contributed by atoms with E-state index in [1.54, 1.807) is 6.07 Å². The van der Waals surface area contributed by atoms with Crippen LogP contribution in [0.2, 0.25) is 0 Å². The van der Waals surface area contributed by atoms with Crippen LogP contribution in [-0.4, -0.2) is 26.1 Å². The van der Waals surface area contributed by atoms with Crippen molar-refractivity contribution in [3.8, 4) is 28.4 Å². The number of nitrogens with zero attached hydrogens (tertiary/aromatic N) is 3. The molecule has 1 N–H and O–H groups in total. The van der Waals surface area contributed by atoms with Gasteiger partial charge in [0.05, 0.1) is 11.4 Å². The molecule has 4 aromatic rings. The molecule has 4 nitrogen and oxygen atoms in total. The molecule has 1 heterocycles. The molecule has 0 bridgehead atoms. The second-order valence-electron chi connectivity index (χ2n) is 11.2. The van der Waals surface area contributed by atoms with Crippen molar-refractivity contribution in [3.05, 3.63) is 95.7 Å². The zero-order valence-electron chi connectivity index (χ0n) is 23.6. The van der Waals surface area contributed by atoms with Crippen LogP contribution in [0.1, 0.15) is 68.7 Å².